The van der Waals surface area contributed by atoms with E-state index in [4.69, 9.17) is 20.8 Å². The Labute approximate surface area is 55.5 Å². The molecule has 0 saturated heterocycles. The Morgan fingerprint density at radius 3 is 1.67 bits per heavy atom. The summed E-state index contributed by atoms with van der Waals surface area (Å²) < 4.78 is 0. The van der Waals surface area contributed by atoms with Gasteiger partial charge in [0.25, 0.3) is 0 Å². The topological polar surface area (TPSA) is 86.7 Å². The Morgan fingerprint density at radius 1 is 1.33 bits per heavy atom. The molecule has 56 valence electrons. The third kappa shape index (κ3) is 76.0. The van der Waals surface area contributed by atoms with Crippen molar-refractivity contribution in [2.75, 3.05) is 6.54 Å². The number of nitrogens with two attached hydrogens (primary N) is 1. The summed E-state index contributed by atoms with van der Waals surface area (Å²) in [7, 11) is -2.17. The van der Waals surface area contributed by atoms with Crippen molar-refractivity contribution in [3.8, 4) is 0 Å². The van der Waals surface area contributed by atoms with Crippen LogP contribution in [0.4, 0.5) is 0 Å². The molecule has 0 aliphatic heterocycles. The molecule has 0 aromatic carbocycles. The third-order valence-electron chi connectivity index (χ3n) is 0.558. The Hall–Kier alpha value is -0.0951. The normalized spacial score (nSPS) is 7.67. The minimum Gasteiger partial charge on any atom is -0.402 e. The molecule has 5 heteroatoms. The predicted molar refractivity (Wildman–Crippen MR) is 36.4 cm³/mol. The number of hydrogen-bond donors (Lipinski definition) is 4. The van der Waals surface area contributed by atoms with Crippen molar-refractivity contribution in [2.24, 2.45) is 5.73 Å². The molecule has 0 unspecified atom stereocenters. The predicted octanol–water partition coefficient (Wildman–Crippen LogP) is -1.31. The van der Waals surface area contributed by atoms with Crippen LogP contribution in [0.1, 0.15) is 19.8 Å². The molecule has 0 bridgehead atoms. The molecule has 0 heterocycles. The average Bonchev–Trinajstić information content (AvgIpc) is 1.66. The summed E-state index contributed by atoms with van der Waals surface area (Å²) in [6.07, 6.45) is 2.39. The number of rotatable bonds is 2. The van der Waals surface area contributed by atoms with E-state index < -0.39 is 7.32 Å². The van der Waals surface area contributed by atoms with E-state index in [2.05, 4.69) is 6.92 Å². The first-order valence-electron chi connectivity index (χ1n) is 2.89. The maximum Gasteiger partial charge on any atom is 0.631 e. The Bertz CT molecular complexity index is 40.0. The minimum atomic E-state index is -2.17. The molecule has 0 atom stereocenters. The monoisotopic (exact) mass is 135 g/mol. The fourth-order valence-electron chi connectivity index (χ4n) is 0.204. The van der Waals surface area contributed by atoms with Crippen LogP contribution < -0.4 is 5.73 Å². The van der Waals surface area contributed by atoms with Gasteiger partial charge in [0, 0.05) is 0 Å². The quantitative estimate of drug-likeness (QED) is 0.354. The van der Waals surface area contributed by atoms with E-state index in [0.29, 0.717) is 0 Å². The number of hydrogen-bond acceptors (Lipinski definition) is 4. The molecule has 0 amide bonds. The Kier molecular flexibility index (Phi) is 14.0. The molecule has 0 aliphatic rings. The molecular weight excluding hydrogens is 121 g/mol. The van der Waals surface area contributed by atoms with Crippen molar-refractivity contribution in [1.29, 1.82) is 0 Å². The molecule has 0 aromatic rings. The molecule has 0 radical (unpaired) electrons. The molecule has 4 nitrogen and oxygen atoms in total. The van der Waals surface area contributed by atoms with Crippen molar-refractivity contribution in [2.45, 2.75) is 19.8 Å². The zero-order valence-electron chi connectivity index (χ0n) is 5.62. The van der Waals surface area contributed by atoms with Crippen LogP contribution in [0.3, 0.4) is 0 Å². The third-order valence-corrected chi connectivity index (χ3v) is 0.558. The first-order valence-corrected chi connectivity index (χ1v) is 2.89. The zero-order valence-corrected chi connectivity index (χ0v) is 5.62. The molecule has 0 fully saturated rings. The number of unbranched alkanes of at least 4 members (excludes halogenated alkanes) is 1. The van der Waals surface area contributed by atoms with Crippen molar-refractivity contribution in [1.82, 2.24) is 0 Å². The first-order chi connectivity index (χ1) is 4.15. The fourth-order valence-corrected chi connectivity index (χ4v) is 0.204. The van der Waals surface area contributed by atoms with Gasteiger partial charge in [-0.2, -0.15) is 0 Å². The van der Waals surface area contributed by atoms with Gasteiger partial charge in [-0.25, -0.2) is 0 Å². The summed E-state index contributed by atoms with van der Waals surface area (Å²) >= 11 is 0. The van der Waals surface area contributed by atoms with Crippen molar-refractivity contribution >= 4 is 7.32 Å². The summed E-state index contributed by atoms with van der Waals surface area (Å²) in [5, 5.41) is 21.5. The highest BCUT2D eigenvalue weighted by Gasteiger charge is 1.92. The first kappa shape index (κ1) is 11.7. The summed E-state index contributed by atoms with van der Waals surface area (Å²) in [6, 6.07) is 0. The lowest BCUT2D eigenvalue weighted by Gasteiger charge is -1.80. The van der Waals surface area contributed by atoms with E-state index in [0.717, 1.165) is 6.54 Å². The lowest BCUT2D eigenvalue weighted by Crippen LogP contribution is -2.07. The van der Waals surface area contributed by atoms with Crippen LogP contribution in [0.25, 0.3) is 0 Å². The maximum absolute atomic E-state index is 7.17. The molecule has 0 rings (SSSR count). The van der Waals surface area contributed by atoms with Crippen LogP contribution in [-0.2, 0) is 0 Å². The molecule has 0 saturated carbocycles. The van der Waals surface area contributed by atoms with E-state index >= 15 is 0 Å². The minimum absolute atomic E-state index is 0.844. The fraction of sp³-hybridized carbons (Fsp3) is 1.00. The van der Waals surface area contributed by atoms with Crippen LogP contribution in [0.5, 0.6) is 0 Å². The van der Waals surface area contributed by atoms with Gasteiger partial charge < -0.3 is 20.8 Å². The van der Waals surface area contributed by atoms with Gasteiger partial charge in [-0.05, 0) is 13.0 Å². The second-order valence-corrected chi connectivity index (χ2v) is 1.49. The molecule has 0 aromatic heterocycles. The largest absolute Gasteiger partial charge is 0.631 e. The van der Waals surface area contributed by atoms with E-state index in [-0.39, 0.29) is 0 Å². The second kappa shape index (κ2) is 10.8. The van der Waals surface area contributed by atoms with Crippen molar-refractivity contribution in [3.63, 3.8) is 0 Å². The van der Waals surface area contributed by atoms with Gasteiger partial charge in [-0.3, -0.25) is 0 Å². The van der Waals surface area contributed by atoms with Gasteiger partial charge in [0.1, 0.15) is 0 Å². The van der Waals surface area contributed by atoms with Gasteiger partial charge in [0.15, 0.2) is 0 Å². The second-order valence-electron chi connectivity index (χ2n) is 1.49. The van der Waals surface area contributed by atoms with Gasteiger partial charge >= 0.3 is 7.32 Å². The van der Waals surface area contributed by atoms with Crippen LogP contribution >= 0.6 is 0 Å². The van der Waals surface area contributed by atoms with Gasteiger partial charge in [0.2, 0.25) is 0 Å². The Balaban J connectivity index is 0. The van der Waals surface area contributed by atoms with Crippen LogP contribution in [-0.4, -0.2) is 28.9 Å². The van der Waals surface area contributed by atoms with Gasteiger partial charge in [-0.1, -0.05) is 13.3 Å². The highest BCUT2D eigenvalue weighted by molar-refractivity contribution is 6.30. The summed E-state index contributed by atoms with van der Waals surface area (Å²) in [6.45, 7) is 2.98. The molecule has 5 N–H and O–H groups in total. The van der Waals surface area contributed by atoms with E-state index in [1.54, 1.807) is 0 Å². The summed E-state index contributed by atoms with van der Waals surface area (Å²) in [5.41, 5.74) is 5.14. The smallest absolute Gasteiger partial charge is 0.402 e. The standard InChI is InChI=1S/C4H11N.BH3O3/c1-2-3-4-5;2-1(3)4/h2-5H2,1H3;2-4H. The highest BCUT2D eigenvalue weighted by Crippen LogP contribution is 1.77. The van der Waals surface area contributed by atoms with Gasteiger partial charge in [-0.15, -0.1) is 0 Å². The SMILES string of the molecule is CCCCN.OB(O)O. The van der Waals surface area contributed by atoms with Crippen molar-refractivity contribution < 1.29 is 15.1 Å². The summed E-state index contributed by atoms with van der Waals surface area (Å²) in [4.78, 5) is 0. The highest BCUT2D eigenvalue weighted by atomic mass is 16.5. The molecule has 0 aliphatic carbocycles. The van der Waals surface area contributed by atoms with E-state index in [9.17, 15) is 0 Å². The van der Waals surface area contributed by atoms with Crippen LogP contribution in [0, 0.1) is 0 Å². The average molecular weight is 135 g/mol. The lowest BCUT2D eigenvalue weighted by atomic mass is 10.3. The maximum atomic E-state index is 7.17. The molecular formula is C4H14BNO3. The van der Waals surface area contributed by atoms with Crippen LogP contribution in [0.15, 0.2) is 0 Å². The molecule has 0 spiro atoms. The van der Waals surface area contributed by atoms with Crippen molar-refractivity contribution in [3.05, 3.63) is 0 Å². The Morgan fingerprint density at radius 2 is 1.67 bits per heavy atom. The van der Waals surface area contributed by atoms with E-state index in [1.165, 1.54) is 12.8 Å². The zero-order chi connectivity index (χ0) is 7.70. The van der Waals surface area contributed by atoms with Gasteiger partial charge in [0.05, 0.1) is 0 Å². The van der Waals surface area contributed by atoms with Crippen LogP contribution in [0.2, 0.25) is 0 Å². The van der Waals surface area contributed by atoms with E-state index in [1.807, 2.05) is 0 Å². The lowest BCUT2D eigenvalue weighted by molar-refractivity contribution is 0.278. The molecule has 9 heavy (non-hydrogen) atoms. The summed E-state index contributed by atoms with van der Waals surface area (Å²) in [5.74, 6) is 0.